The van der Waals surface area contributed by atoms with Gasteiger partial charge in [-0.25, -0.2) is 19.2 Å². The molecule has 1 saturated heterocycles. The van der Waals surface area contributed by atoms with Crippen LogP contribution in [0.4, 0.5) is 0 Å². The largest absolute Gasteiger partial charge is 0.480 e. The number of carbonyl (C=O) groups excluding carboxylic acids is 7. The highest BCUT2D eigenvalue weighted by atomic mass is 31.2. The molecule has 6 aromatic carbocycles. The Morgan fingerprint density at radius 1 is 0.388 bits per heavy atom. The average molecular weight is 1440 g/mol. The van der Waals surface area contributed by atoms with E-state index in [-0.39, 0.29) is 155 Å². The van der Waals surface area contributed by atoms with E-state index >= 15 is 4.57 Å². The van der Waals surface area contributed by atoms with E-state index in [4.69, 9.17) is 28.0 Å². The van der Waals surface area contributed by atoms with Crippen LogP contribution >= 0.6 is 7.75 Å². The molecule has 0 bridgehead atoms. The number of carboxylic acids is 3. The lowest BCUT2D eigenvalue weighted by Crippen LogP contribution is -2.49. The van der Waals surface area contributed by atoms with Gasteiger partial charge in [-0.2, -0.15) is 0 Å². The molecule has 7 rings (SSSR count). The van der Waals surface area contributed by atoms with E-state index in [1.54, 1.807) is 177 Å². The van der Waals surface area contributed by atoms with Crippen LogP contribution in [0.3, 0.4) is 0 Å². The summed E-state index contributed by atoms with van der Waals surface area (Å²) in [5.74, 6) is -8.39. The maximum Gasteiger partial charge on any atom is 0.406 e. The van der Waals surface area contributed by atoms with Crippen LogP contribution in [-0.2, 0) is 115 Å². The van der Waals surface area contributed by atoms with Gasteiger partial charge in [0.2, 0.25) is 11.8 Å². The lowest BCUT2D eigenvalue weighted by Gasteiger charge is -2.32. The van der Waals surface area contributed by atoms with E-state index in [0.29, 0.717) is 28.7 Å². The fraction of sp³-hybridized carbons (Fsp3) is 0.378. The standard InChI is InChI=1S/C74H89N8O20P/c83-65(76-63(73(94)99-52-58-20-10-3-11-21-58)35-45-101-103(96,102-54-60-24-14-5-15-25-60)78-64(74(95)100-53-59-22-12-4-13-23-59)31-33-70(91)97-50-56-16-6-1-7-17-56)32-30-62(72(93)98-51-57-18-8-2-9-19-57)77-71(92)61-28-26-55(27-29-61)34-36-75-66(84)46-79-37-39-80(47-67(85)86)41-43-82(49-69(89)90)44-42-81(40-38-79)48-68(87)88/h1-29,62-64H,30-54H2,(H,75,84)(H,76,83)(H,77,92)(H,78,96)(H,85,86)(H,87,88)(H,89,90)/t62-,63?,64?,103?/m1/s1. The van der Waals surface area contributed by atoms with Gasteiger partial charge in [-0.15, -0.1) is 0 Å². The Hall–Kier alpha value is -10.0. The highest BCUT2D eigenvalue weighted by Gasteiger charge is 2.36. The molecule has 4 atom stereocenters. The zero-order valence-electron chi connectivity index (χ0n) is 57.2. The van der Waals surface area contributed by atoms with Gasteiger partial charge >= 0.3 is 49.5 Å². The Kier molecular flexibility index (Phi) is 34.1. The van der Waals surface area contributed by atoms with E-state index in [2.05, 4.69) is 21.0 Å². The van der Waals surface area contributed by atoms with Crippen LogP contribution in [0.2, 0.25) is 0 Å². The van der Waals surface area contributed by atoms with Crippen LogP contribution < -0.4 is 21.0 Å². The number of carbonyl (C=O) groups is 10. The minimum atomic E-state index is -4.65. The van der Waals surface area contributed by atoms with Crippen LogP contribution in [0, 0.1) is 0 Å². The molecule has 7 N–H and O–H groups in total. The zero-order valence-corrected chi connectivity index (χ0v) is 58.1. The average Bonchev–Trinajstić information content (AvgIpc) is 0.884. The van der Waals surface area contributed by atoms with E-state index in [9.17, 15) is 63.3 Å². The summed E-state index contributed by atoms with van der Waals surface area (Å²) in [5, 5.41) is 39.6. The Bertz CT molecular complexity index is 3690. The summed E-state index contributed by atoms with van der Waals surface area (Å²) >= 11 is 0. The van der Waals surface area contributed by atoms with Crippen LogP contribution in [0.1, 0.15) is 75.8 Å². The quantitative estimate of drug-likeness (QED) is 0.0139. The third kappa shape index (κ3) is 31.4. The van der Waals surface area contributed by atoms with Gasteiger partial charge in [-0.1, -0.05) is 164 Å². The minimum absolute atomic E-state index is 0.0375. The molecule has 29 heteroatoms. The van der Waals surface area contributed by atoms with Crippen molar-refractivity contribution in [2.45, 2.75) is 89.7 Å². The second-order valence-corrected chi connectivity index (χ2v) is 26.1. The predicted octanol–water partition coefficient (Wildman–Crippen LogP) is 5.63. The number of hydrogen-bond donors (Lipinski definition) is 7. The summed E-state index contributed by atoms with van der Waals surface area (Å²) in [6.07, 6.45) is -1.45. The van der Waals surface area contributed by atoms with Crippen LogP contribution in [-0.4, -0.2) is 204 Å². The molecule has 1 heterocycles. The van der Waals surface area contributed by atoms with E-state index in [1.807, 2.05) is 6.07 Å². The van der Waals surface area contributed by atoms with Crippen molar-refractivity contribution in [3.63, 3.8) is 0 Å². The fourth-order valence-electron chi connectivity index (χ4n) is 10.6. The number of nitrogens with one attached hydrogen (secondary N) is 4. The zero-order chi connectivity index (χ0) is 73.6. The van der Waals surface area contributed by atoms with Crippen molar-refractivity contribution in [1.82, 2.24) is 40.6 Å². The smallest absolute Gasteiger partial charge is 0.406 e. The van der Waals surface area contributed by atoms with Crippen molar-refractivity contribution in [3.05, 3.63) is 215 Å². The van der Waals surface area contributed by atoms with Gasteiger partial charge < -0.3 is 50.2 Å². The number of benzene rings is 6. The predicted molar refractivity (Wildman–Crippen MR) is 375 cm³/mol. The third-order valence-electron chi connectivity index (χ3n) is 16.3. The van der Waals surface area contributed by atoms with E-state index in [0.717, 1.165) is 11.1 Å². The summed E-state index contributed by atoms with van der Waals surface area (Å²) in [4.78, 5) is 138. The lowest BCUT2D eigenvalue weighted by molar-refractivity contribution is -0.150. The Labute approximate surface area is 597 Å². The topological polar surface area (TPSA) is 365 Å². The summed E-state index contributed by atoms with van der Waals surface area (Å²) in [5.41, 5.74) is 4.08. The van der Waals surface area contributed by atoms with E-state index in [1.165, 1.54) is 12.1 Å². The first kappa shape index (κ1) is 80.3. The Balaban J connectivity index is 1.00. The van der Waals surface area contributed by atoms with Gasteiger partial charge in [0.1, 0.15) is 44.6 Å². The molecule has 0 saturated carbocycles. The summed E-state index contributed by atoms with van der Waals surface area (Å²) in [6, 6.07) is 45.9. The molecule has 6 aromatic rings. The fourth-order valence-corrected chi connectivity index (χ4v) is 12.1. The molecule has 103 heavy (non-hydrogen) atoms. The van der Waals surface area contributed by atoms with Crippen molar-refractivity contribution in [3.8, 4) is 0 Å². The van der Waals surface area contributed by atoms with Crippen molar-refractivity contribution in [1.29, 1.82) is 0 Å². The lowest BCUT2D eigenvalue weighted by atomic mass is 10.1. The second kappa shape index (κ2) is 43.7. The molecular formula is C74H89N8O20P. The molecule has 0 radical (unpaired) electrons. The number of nitrogens with zero attached hydrogens (tertiary/aromatic N) is 4. The van der Waals surface area contributed by atoms with E-state index < -0.39 is 92.5 Å². The van der Waals surface area contributed by atoms with Gasteiger partial charge in [0.25, 0.3) is 5.91 Å². The number of esters is 4. The first-order chi connectivity index (χ1) is 49.7. The highest BCUT2D eigenvalue weighted by molar-refractivity contribution is 7.51. The van der Waals surface area contributed by atoms with Gasteiger partial charge in [-0.05, 0) is 64.8 Å². The first-order valence-electron chi connectivity index (χ1n) is 33.8. The molecule has 0 aromatic heterocycles. The summed E-state index contributed by atoms with van der Waals surface area (Å²) in [6.45, 7) is -0.401. The number of amides is 3. The number of rotatable bonds is 40. The molecule has 1 aliphatic heterocycles. The SMILES string of the molecule is O=C(O)CN1CCN(CC(=O)O)CCN(CC(=O)NCCc2ccc(C(=O)N[C@H](CCC(=O)NC(CCOP(=O)(NC(CCC(=O)OCc3ccccc3)C(=O)OCc3ccccc3)OCc3ccccc3)C(=O)OCc3ccccc3)C(=O)OCc3ccccc3)cc2)CCN(CC(=O)O)CC1. The van der Waals surface area contributed by atoms with Crippen molar-refractivity contribution >= 4 is 67.3 Å². The molecule has 1 fully saturated rings. The van der Waals surface area contributed by atoms with Crippen molar-refractivity contribution in [2.24, 2.45) is 0 Å². The maximum absolute atomic E-state index is 15.0. The highest BCUT2D eigenvalue weighted by Crippen LogP contribution is 2.46. The van der Waals surface area contributed by atoms with Gasteiger partial charge in [0.05, 0.1) is 39.4 Å². The number of carboxylic acid groups (broad SMARTS) is 3. The van der Waals surface area contributed by atoms with Crippen LogP contribution in [0.25, 0.3) is 0 Å². The second-order valence-electron chi connectivity index (χ2n) is 24.3. The molecule has 3 amide bonds. The number of aliphatic carboxylic acids is 3. The maximum atomic E-state index is 15.0. The summed E-state index contributed by atoms with van der Waals surface area (Å²) < 4.78 is 49.5. The van der Waals surface area contributed by atoms with Gasteiger partial charge in [0, 0.05) is 83.7 Å². The van der Waals surface area contributed by atoms with Crippen molar-refractivity contribution < 1.29 is 95.8 Å². The molecule has 3 unspecified atom stereocenters. The van der Waals surface area contributed by atoms with Crippen LogP contribution in [0.5, 0.6) is 0 Å². The Morgan fingerprint density at radius 3 is 1.17 bits per heavy atom. The molecule has 0 spiro atoms. The van der Waals surface area contributed by atoms with Gasteiger partial charge in [-0.3, -0.25) is 67.0 Å². The summed E-state index contributed by atoms with van der Waals surface area (Å²) in [7, 11) is -4.65. The minimum Gasteiger partial charge on any atom is -0.480 e. The third-order valence-corrected chi connectivity index (χ3v) is 17.9. The number of ether oxygens (including phenoxy) is 4. The van der Waals surface area contributed by atoms with Crippen LogP contribution in [0.15, 0.2) is 176 Å². The molecule has 550 valence electrons. The van der Waals surface area contributed by atoms with Gasteiger partial charge in [0.15, 0.2) is 0 Å². The molecule has 28 nitrogen and oxygen atoms in total. The normalized spacial score (nSPS) is 14.8. The first-order valence-corrected chi connectivity index (χ1v) is 35.3. The molecule has 1 aliphatic rings. The van der Waals surface area contributed by atoms with Crippen molar-refractivity contribution in [2.75, 3.05) is 91.7 Å². The molecular weight excluding hydrogens is 1350 g/mol. The Morgan fingerprint density at radius 2 is 0.757 bits per heavy atom. The number of hydrogen-bond acceptors (Lipinski definition) is 21. The molecule has 0 aliphatic carbocycles. The monoisotopic (exact) mass is 1440 g/mol.